The van der Waals surface area contributed by atoms with Gasteiger partial charge in [0.15, 0.2) is 0 Å². The van der Waals surface area contributed by atoms with Gasteiger partial charge in [0, 0.05) is 19.3 Å². The molecule has 1 aromatic rings. The van der Waals surface area contributed by atoms with Crippen molar-refractivity contribution in [1.82, 2.24) is 9.71 Å². The molecule has 19 heavy (non-hydrogen) atoms. The van der Waals surface area contributed by atoms with Crippen LogP contribution >= 0.6 is 11.6 Å². The monoisotopic (exact) mass is 305 g/mol. The van der Waals surface area contributed by atoms with Crippen molar-refractivity contribution in [1.29, 1.82) is 0 Å². The number of unbranched alkanes of at least 4 members (excludes halogenated alkanes) is 1. The molecule has 5 nitrogen and oxygen atoms in total. The molecule has 0 amide bonds. The Morgan fingerprint density at radius 2 is 2.16 bits per heavy atom. The quantitative estimate of drug-likeness (QED) is 0.812. The molecular weight excluding hydrogens is 286 g/mol. The molecule has 0 saturated heterocycles. The van der Waals surface area contributed by atoms with E-state index in [0.29, 0.717) is 5.82 Å². The van der Waals surface area contributed by atoms with E-state index in [-0.39, 0.29) is 16.0 Å². The van der Waals surface area contributed by atoms with E-state index in [1.165, 1.54) is 12.3 Å². The number of nitrogens with one attached hydrogen (secondary N) is 2. The van der Waals surface area contributed by atoms with Gasteiger partial charge in [-0.3, -0.25) is 0 Å². The van der Waals surface area contributed by atoms with E-state index in [0.717, 1.165) is 19.3 Å². The maximum atomic E-state index is 12.1. The fraction of sp³-hybridized carbons (Fsp3) is 0.583. The number of sulfonamides is 1. The topological polar surface area (TPSA) is 71.1 Å². The summed E-state index contributed by atoms with van der Waals surface area (Å²) >= 11 is 5.94. The molecule has 0 spiro atoms. The molecule has 1 aromatic heterocycles. The van der Waals surface area contributed by atoms with Crippen molar-refractivity contribution in [3.8, 4) is 0 Å². The number of aromatic nitrogens is 1. The number of nitrogens with zero attached hydrogens (tertiary/aromatic N) is 1. The Bertz CT molecular complexity index is 520. The highest BCUT2D eigenvalue weighted by atomic mass is 35.5. The fourth-order valence-electron chi connectivity index (χ4n) is 1.65. The summed E-state index contributed by atoms with van der Waals surface area (Å²) in [7, 11) is -1.89. The third kappa shape index (κ3) is 4.63. The van der Waals surface area contributed by atoms with Crippen LogP contribution in [0.1, 0.15) is 33.1 Å². The molecule has 0 aliphatic carbocycles. The summed E-state index contributed by atoms with van der Waals surface area (Å²) in [4.78, 5) is 4.05. The second kappa shape index (κ2) is 7.07. The maximum Gasteiger partial charge on any atom is 0.242 e. The van der Waals surface area contributed by atoms with Crippen molar-refractivity contribution in [3.63, 3.8) is 0 Å². The molecule has 1 rings (SSSR count). The minimum Gasteiger partial charge on any atom is -0.372 e. The molecule has 1 atom stereocenters. The van der Waals surface area contributed by atoms with Crippen molar-refractivity contribution in [2.75, 3.05) is 12.4 Å². The summed E-state index contributed by atoms with van der Waals surface area (Å²) in [6, 6.07) is 1.29. The second-order valence-electron chi connectivity index (χ2n) is 4.42. The van der Waals surface area contributed by atoms with Crippen LogP contribution in [0.15, 0.2) is 17.2 Å². The van der Waals surface area contributed by atoms with E-state index in [4.69, 9.17) is 11.6 Å². The summed E-state index contributed by atoms with van der Waals surface area (Å²) in [5.74, 6) is 0.458. The molecule has 0 saturated carbocycles. The molecule has 7 heteroatoms. The Labute approximate surface area is 119 Å². The van der Waals surface area contributed by atoms with Crippen LogP contribution in [0.5, 0.6) is 0 Å². The van der Waals surface area contributed by atoms with Gasteiger partial charge in [0.1, 0.15) is 10.7 Å². The van der Waals surface area contributed by atoms with Crippen LogP contribution in [-0.2, 0) is 10.0 Å². The van der Waals surface area contributed by atoms with Crippen molar-refractivity contribution in [3.05, 3.63) is 17.3 Å². The van der Waals surface area contributed by atoms with E-state index in [2.05, 4.69) is 21.9 Å². The molecule has 108 valence electrons. The number of rotatable bonds is 7. The molecule has 1 heterocycles. The summed E-state index contributed by atoms with van der Waals surface area (Å²) < 4.78 is 26.9. The molecule has 0 fully saturated rings. The van der Waals surface area contributed by atoms with Gasteiger partial charge in [0.05, 0.1) is 5.02 Å². The number of hydrogen-bond donors (Lipinski definition) is 2. The number of hydrogen-bond acceptors (Lipinski definition) is 4. The van der Waals surface area contributed by atoms with Gasteiger partial charge in [-0.25, -0.2) is 18.1 Å². The lowest BCUT2D eigenvalue weighted by molar-refractivity contribution is 0.534. The highest BCUT2D eigenvalue weighted by molar-refractivity contribution is 7.89. The zero-order chi connectivity index (χ0) is 14.5. The summed E-state index contributed by atoms with van der Waals surface area (Å²) in [5.41, 5.74) is 0. The van der Waals surface area contributed by atoms with Gasteiger partial charge in [0.25, 0.3) is 0 Å². The van der Waals surface area contributed by atoms with Gasteiger partial charge in [0.2, 0.25) is 10.0 Å². The predicted molar refractivity (Wildman–Crippen MR) is 78.1 cm³/mol. The smallest absolute Gasteiger partial charge is 0.242 e. The zero-order valence-electron chi connectivity index (χ0n) is 11.4. The Morgan fingerprint density at radius 1 is 1.47 bits per heavy atom. The van der Waals surface area contributed by atoms with Gasteiger partial charge in [-0.1, -0.05) is 31.4 Å². The van der Waals surface area contributed by atoms with Crippen molar-refractivity contribution < 1.29 is 8.42 Å². The molecular formula is C12H20ClN3O2S. The summed E-state index contributed by atoms with van der Waals surface area (Å²) in [6.07, 6.45) is 4.13. The largest absolute Gasteiger partial charge is 0.372 e. The number of anilines is 1. The Balaban J connectivity index is 2.85. The number of halogens is 1. The zero-order valence-corrected chi connectivity index (χ0v) is 13.0. The molecule has 2 N–H and O–H groups in total. The number of pyridine rings is 1. The van der Waals surface area contributed by atoms with Gasteiger partial charge in [-0.15, -0.1) is 0 Å². The third-order valence-electron chi connectivity index (χ3n) is 2.71. The van der Waals surface area contributed by atoms with Crippen LogP contribution in [0.4, 0.5) is 5.82 Å². The van der Waals surface area contributed by atoms with Crippen molar-refractivity contribution >= 4 is 27.4 Å². The fourth-order valence-corrected chi connectivity index (χ4v) is 3.23. The van der Waals surface area contributed by atoms with Gasteiger partial charge in [-0.05, 0) is 19.4 Å². The highest BCUT2D eigenvalue weighted by Crippen LogP contribution is 2.22. The van der Waals surface area contributed by atoms with Crippen LogP contribution in [-0.4, -0.2) is 26.5 Å². The average Bonchev–Trinajstić information content (AvgIpc) is 2.35. The normalized spacial score (nSPS) is 13.3. The Kier molecular flexibility index (Phi) is 6.03. The van der Waals surface area contributed by atoms with E-state index in [1.54, 1.807) is 7.05 Å². The molecule has 0 aliphatic rings. The maximum absolute atomic E-state index is 12.1. The minimum atomic E-state index is -3.56. The van der Waals surface area contributed by atoms with Gasteiger partial charge >= 0.3 is 0 Å². The van der Waals surface area contributed by atoms with Crippen molar-refractivity contribution in [2.24, 2.45) is 0 Å². The van der Waals surface area contributed by atoms with Crippen molar-refractivity contribution in [2.45, 2.75) is 44.0 Å². The Morgan fingerprint density at radius 3 is 2.68 bits per heavy atom. The van der Waals surface area contributed by atoms with Crippen LogP contribution in [0.2, 0.25) is 5.02 Å². The average molecular weight is 306 g/mol. The third-order valence-corrected chi connectivity index (χ3v) is 4.55. The molecule has 1 unspecified atom stereocenters. The minimum absolute atomic E-state index is 0.0832. The van der Waals surface area contributed by atoms with E-state index in [9.17, 15) is 8.42 Å². The second-order valence-corrected chi connectivity index (χ2v) is 6.54. The van der Waals surface area contributed by atoms with E-state index < -0.39 is 10.0 Å². The first kappa shape index (κ1) is 16.2. The lowest BCUT2D eigenvalue weighted by Crippen LogP contribution is -2.32. The molecule has 0 aromatic carbocycles. The van der Waals surface area contributed by atoms with E-state index in [1.807, 2.05) is 6.92 Å². The molecule has 0 bridgehead atoms. The van der Waals surface area contributed by atoms with Crippen LogP contribution in [0, 0.1) is 0 Å². The van der Waals surface area contributed by atoms with Crippen LogP contribution in [0.25, 0.3) is 0 Å². The summed E-state index contributed by atoms with van der Waals surface area (Å²) in [5, 5.41) is 3.07. The first-order valence-corrected chi connectivity index (χ1v) is 8.12. The van der Waals surface area contributed by atoms with Crippen LogP contribution < -0.4 is 10.0 Å². The first-order valence-electron chi connectivity index (χ1n) is 6.26. The standard InChI is InChI=1S/C12H20ClN3O2S/c1-4-5-6-9(2)16-19(17,18)10-7-11(13)12(14-3)15-8-10/h7-9,16H,4-6H2,1-3H3,(H,14,15). The Hall–Kier alpha value is -0.850. The lowest BCUT2D eigenvalue weighted by atomic mass is 10.2. The lowest BCUT2D eigenvalue weighted by Gasteiger charge is -2.14. The SMILES string of the molecule is CCCCC(C)NS(=O)(=O)c1cnc(NC)c(Cl)c1. The highest BCUT2D eigenvalue weighted by Gasteiger charge is 2.18. The predicted octanol–water partition coefficient (Wildman–Crippen LogP) is 2.63. The van der Waals surface area contributed by atoms with E-state index >= 15 is 0 Å². The summed E-state index contributed by atoms with van der Waals surface area (Å²) in [6.45, 7) is 3.92. The van der Waals surface area contributed by atoms with Gasteiger partial charge in [-0.2, -0.15) is 0 Å². The first-order chi connectivity index (χ1) is 8.90. The van der Waals surface area contributed by atoms with Gasteiger partial charge < -0.3 is 5.32 Å². The molecule has 0 aliphatic heterocycles. The van der Waals surface area contributed by atoms with Crippen LogP contribution in [0.3, 0.4) is 0 Å². The molecule has 0 radical (unpaired) electrons.